The van der Waals surface area contributed by atoms with Gasteiger partial charge in [-0.2, -0.15) is 21.6 Å². The molecule has 29 heavy (non-hydrogen) atoms. The maximum atomic E-state index is 12.7. The van der Waals surface area contributed by atoms with Gasteiger partial charge in [0.1, 0.15) is 5.75 Å². The minimum atomic E-state index is -4.45. The third-order valence-corrected chi connectivity index (χ3v) is 4.34. The number of hydrogen-bond acceptors (Lipinski definition) is 4. The zero-order valence-corrected chi connectivity index (χ0v) is 16.8. The van der Waals surface area contributed by atoms with Crippen LogP contribution in [0.3, 0.4) is 0 Å². The van der Waals surface area contributed by atoms with E-state index in [1.54, 1.807) is 26.0 Å². The number of benzene rings is 2. The minimum Gasteiger partial charge on any atom is -0.383 e. The van der Waals surface area contributed by atoms with Crippen LogP contribution in [0, 0.1) is 0 Å². The van der Waals surface area contributed by atoms with Crippen molar-refractivity contribution < 1.29 is 30.6 Å². The van der Waals surface area contributed by atoms with E-state index in [0.29, 0.717) is 5.56 Å². The van der Waals surface area contributed by atoms with Crippen LogP contribution in [0.5, 0.6) is 5.75 Å². The van der Waals surface area contributed by atoms with Crippen molar-refractivity contribution in [2.75, 3.05) is 11.6 Å². The van der Waals surface area contributed by atoms with Gasteiger partial charge in [0, 0.05) is 18.3 Å². The first kappa shape index (κ1) is 22.5. The molecule has 0 aliphatic carbocycles. The lowest BCUT2D eigenvalue weighted by atomic mass is 10.2. The lowest BCUT2D eigenvalue weighted by Gasteiger charge is -2.27. The Morgan fingerprint density at radius 3 is 2.28 bits per heavy atom. The van der Waals surface area contributed by atoms with E-state index in [9.17, 15) is 26.4 Å². The quantitative estimate of drug-likeness (QED) is 0.686. The van der Waals surface area contributed by atoms with E-state index in [0.717, 1.165) is 18.4 Å². The van der Waals surface area contributed by atoms with Crippen LogP contribution in [-0.4, -0.2) is 31.6 Å². The van der Waals surface area contributed by atoms with Gasteiger partial charge < -0.3 is 14.4 Å². The first-order valence-electron chi connectivity index (χ1n) is 8.58. The van der Waals surface area contributed by atoms with Crippen molar-refractivity contribution in [2.24, 2.45) is 0 Å². The molecule has 158 valence electrons. The number of nitrogens with one attached hydrogen (secondary N) is 1. The molecule has 2 aromatic carbocycles. The van der Waals surface area contributed by atoms with E-state index in [1.165, 1.54) is 29.2 Å². The molecular formula is C19H21F3N2O4S. The number of halogens is 3. The molecule has 0 radical (unpaired) electrons. The highest BCUT2D eigenvalue weighted by Crippen LogP contribution is 2.30. The normalized spacial score (nSPS) is 12.0. The number of amides is 2. The predicted molar refractivity (Wildman–Crippen MR) is 103 cm³/mol. The second-order valence-electron chi connectivity index (χ2n) is 6.66. The van der Waals surface area contributed by atoms with Crippen LogP contribution in [0.4, 0.5) is 23.7 Å². The van der Waals surface area contributed by atoms with Crippen molar-refractivity contribution in [3.05, 3.63) is 59.7 Å². The molecule has 1 N–H and O–H groups in total. The van der Waals surface area contributed by atoms with E-state index >= 15 is 0 Å². The van der Waals surface area contributed by atoms with Gasteiger partial charge in [-0.1, -0.05) is 12.1 Å². The summed E-state index contributed by atoms with van der Waals surface area (Å²) in [5, 5.41) is 2.57. The van der Waals surface area contributed by atoms with Crippen LogP contribution in [0.2, 0.25) is 0 Å². The number of carbonyl (C=O) groups excluding carboxylic acids is 1. The molecule has 0 heterocycles. The molecule has 2 amide bonds. The number of nitrogens with zero attached hydrogens (tertiary/aromatic N) is 1. The molecule has 0 spiro atoms. The Balaban J connectivity index is 2.13. The van der Waals surface area contributed by atoms with Gasteiger partial charge in [-0.15, -0.1) is 0 Å². The fraction of sp³-hybridized carbons (Fsp3) is 0.316. The molecule has 0 aromatic heterocycles. The SMILES string of the molecule is CC(C)N(Cc1cccc(OS(C)(=O)=O)c1)C(=O)Nc1ccc(C(F)(F)F)cc1. The second kappa shape index (κ2) is 8.73. The van der Waals surface area contributed by atoms with Crippen LogP contribution < -0.4 is 9.50 Å². The van der Waals surface area contributed by atoms with Crippen molar-refractivity contribution in [2.45, 2.75) is 32.6 Å². The number of carbonyl (C=O) groups is 1. The third kappa shape index (κ3) is 6.97. The van der Waals surface area contributed by atoms with Gasteiger partial charge in [-0.3, -0.25) is 0 Å². The van der Waals surface area contributed by atoms with Crippen molar-refractivity contribution in [1.82, 2.24) is 4.90 Å². The minimum absolute atomic E-state index is 0.122. The maximum Gasteiger partial charge on any atom is 0.416 e. The fourth-order valence-corrected chi connectivity index (χ4v) is 2.95. The molecule has 6 nitrogen and oxygen atoms in total. The lowest BCUT2D eigenvalue weighted by Crippen LogP contribution is -2.39. The largest absolute Gasteiger partial charge is 0.416 e. The Labute approximate surface area is 167 Å². The average molecular weight is 430 g/mol. The molecule has 0 saturated carbocycles. The van der Waals surface area contributed by atoms with E-state index in [1.807, 2.05) is 0 Å². The summed E-state index contributed by atoms with van der Waals surface area (Å²) in [4.78, 5) is 14.1. The second-order valence-corrected chi connectivity index (χ2v) is 8.24. The fourth-order valence-electron chi connectivity index (χ4n) is 2.49. The van der Waals surface area contributed by atoms with E-state index in [-0.39, 0.29) is 24.0 Å². The van der Waals surface area contributed by atoms with Crippen molar-refractivity contribution >= 4 is 21.8 Å². The van der Waals surface area contributed by atoms with Gasteiger partial charge in [0.2, 0.25) is 0 Å². The summed E-state index contributed by atoms with van der Waals surface area (Å²) in [7, 11) is -3.68. The molecule has 0 bridgehead atoms. The lowest BCUT2D eigenvalue weighted by molar-refractivity contribution is -0.137. The highest BCUT2D eigenvalue weighted by atomic mass is 32.2. The van der Waals surface area contributed by atoms with Crippen LogP contribution in [0.25, 0.3) is 0 Å². The number of rotatable bonds is 6. The summed E-state index contributed by atoms with van der Waals surface area (Å²) in [5.41, 5.74) is 0.0455. The highest BCUT2D eigenvalue weighted by molar-refractivity contribution is 7.86. The van der Waals surface area contributed by atoms with Crippen molar-refractivity contribution in [1.29, 1.82) is 0 Å². The third-order valence-electron chi connectivity index (χ3n) is 3.85. The monoisotopic (exact) mass is 430 g/mol. The topological polar surface area (TPSA) is 75.7 Å². The molecule has 0 fully saturated rings. The Kier molecular flexibility index (Phi) is 6.78. The highest BCUT2D eigenvalue weighted by Gasteiger charge is 2.30. The summed E-state index contributed by atoms with van der Waals surface area (Å²) in [6.07, 6.45) is -3.52. The van der Waals surface area contributed by atoms with Crippen LogP contribution in [0.1, 0.15) is 25.0 Å². The number of alkyl halides is 3. The molecule has 0 saturated heterocycles. The van der Waals surface area contributed by atoms with Gasteiger partial charge in [0.05, 0.1) is 11.8 Å². The molecule has 10 heteroatoms. The van der Waals surface area contributed by atoms with E-state index in [2.05, 4.69) is 5.32 Å². The maximum absolute atomic E-state index is 12.7. The van der Waals surface area contributed by atoms with Gasteiger partial charge in [-0.05, 0) is 55.8 Å². The van der Waals surface area contributed by atoms with Gasteiger partial charge >= 0.3 is 22.3 Å². The van der Waals surface area contributed by atoms with Crippen molar-refractivity contribution in [3.63, 3.8) is 0 Å². The Morgan fingerprint density at radius 1 is 1.14 bits per heavy atom. The summed E-state index contributed by atoms with van der Waals surface area (Å²) in [6.45, 7) is 3.71. The molecule has 0 aliphatic heterocycles. The van der Waals surface area contributed by atoms with Gasteiger partial charge in [0.25, 0.3) is 0 Å². The predicted octanol–water partition coefficient (Wildman–Crippen LogP) is 4.49. The zero-order valence-electron chi connectivity index (χ0n) is 16.0. The number of hydrogen-bond donors (Lipinski definition) is 1. The smallest absolute Gasteiger partial charge is 0.383 e. The summed E-state index contributed by atoms with van der Waals surface area (Å²) >= 11 is 0. The molecule has 2 aromatic rings. The standard InChI is InChI=1S/C19H21F3N2O4S/c1-13(2)24(12-14-5-4-6-17(11-14)28-29(3,26)27)18(25)23-16-9-7-15(8-10-16)19(20,21)22/h4-11,13H,12H2,1-3H3,(H,23,25). The molecule has 0 unspecified atom stereocenters. The molecule has 2 rings (SSSR count). The molecule has 0 atom stereocenters. The van der Waals surface area contributed by atoms with Gasteiger partial charge in [-0.25, -0.2) is 4.79 Å². The van der Waals surface area contributed by atoms with Crippen molar-refractivity contribution in [3.8, 4) is 5.75 Å². The average Bonchev–Trinajstić information content (AvgIpc) is 2.58. The molecular weight excluding hydrogens is 409 g/mol. The zero-order chi connectivity index (χ0) is 21.8. The van der Waals surface area contributed by atoms with Gasteiger partial charge in [0.15, 0.2) is 0 Å². The Morgan fingerprint density at radius 2 is 1.76 bits per heavy atom. The number of urea groups is 1. The summed E-state index contributed by atoms with van der Waals surface area (Å²) in [6, 6.07) is 9.69. The first-order chi connectivity index (χ1) is 13.3. The van der Waals surface area contributed by atoms with Crippen LogP contribution >= 0.6 is 0 Å². The van der Waals surface area contributed by atoms with E-state index < -0.39 is 27.9 Å². The first-order valence-corrected chi connectivity index (χ1v) is 10.4. The summed E-state index contributed by atoms with van der Waals surface area (Å²) in [5.74, 6) is 0.122. The number of anilines is 1. The van der Waals surface area contributed by atoms with E-state index in [4.69, 9.17) is 4.18 Å². The van der Waals surface area contributed by atoms with Crippen LogP contribution in [-0.2, 0) is 22.8 Å². The summed E-state index contributed by atoms with van der Waals surface area (Å²) < 4.78 is 65.3. The molecule has 0 aliphatic rings. The van der Waals surface area contributed by atoms with Crippen LogP contribution in [0.15, 0.2) is 48.5 Å². The Hall–Kier alpha value is -2.75. The Bertz CT molecular complexity index is 958.